The van der Waals surface area contributed by atoms with Gasteiger partial charge in [0, 0.05) is 4.47 Å². The molecule has 3 heteroatoms. The van der Waals surface area contributed by atoms with Crippen molar-refractivity contribution in [3.8, 4) is 11.1 Å². The van der Waals surface area contributed by atoms with E-state index in [-0.39, 0.29) is 11.0 Å². The van der Waals surface area contributed by atoms with Crippen LogP contribution in [0.1, 0.15) is 43.1 Å². The van der Waals surface area contributed by atoms with E-state index in [0.29, 0.717) is 4.47 Å². The number of halogens is 1. The zero-order chi connectivity index (χ0) is 15.6. The largest absolute Gasteiger partial charge is 0.478 e. The van der Waals surface area contributed by atoms with Gasteiger partial charge in [0.25, 0.3) is 0 Å². The van der Waals surface area contributed by atoms with Crippen molar-refractivity contribution in [2.24, 2.45) is 0 Å². The molecule has 0 aliphatic heterocycles. The third-order valence-electron chi connectivity index (χ3n) is 4.08. The van der Waals surface area contributed by atoms with E-state index in [1.807, 2.05) is 6.07 Å². The van der Waals surface area contributed by atoms with Crippen LogP contribution in [0.5, 0.6) is 0 Å². The second-order valence-electron chi connectivity index (χ2n) is 5.81. The molecule has 0 fully saturated rings. The van der Waals surface area contributed by atoms with E-state index in [2.05, 4.69) is 61.0 Å². The Morgan fingerprint density at radius 2 is 1.67 bits per heavy atom. The van der Waals surface area contributed by atoms with Crippen LogP contribution >= 0.6 is 15.9 Å². The number of aromatic carboxylic acids is 1. The first kappa shape index (κ1) is 15.8. The monoisotopic (exact) mass is 346 g/mol. The van der Waals surface area contributed by atoms with E-state index >= 15 is 0 Å². The molecule has 0 aromatic heterocycles. The van der Waals surface area contributed by atoms with Crippen molar-refractivity contribution in [1.29, 1.82) is 0 Å². The van der Waals surface area contributed by atoms with Gasteiger partial charge >= 0.3 is 5.97 Å². The summed E-state index contributed by atoms with van der Waals surface area (Å²) in [6.07, 6.45) is 1.08. The van der Waals surface area contributed by atoms with Gasteiger partial charge in [-0.2, -0.15) is 0 Å². The van der Waals surface area contributed by atoms with Crippen molar-refractivity contribution >= 4 is 21.9 Å². The van der Waals surface area contributed by atoms with Crippen molar-refractivity contribution in [3.63, 3.8) is 0 Å². The van der Waals surface area contributed by atoms with Crippen LogP contribution in [0.4, 0.5) is 0 Å². The molecule has 0 aliphatic rings. The molecule has 110 valence electrons. The zero-order valence-corrected chi connectivity index (χ0v) is 14.1. The SMILES string of the molecule is CCC(C)(C)c1ccc(-c2ccc(Br)c(C(=O)O)c2)cc1. The Morgan fingerprint density at radius 3 is 2.19 bits per heavy atom. The van der Waals surface area contributed by atoms with Gasteiger partial charge in [0.2, 0.25) is 0 Å². The lowest BCUT2D eigenvalue weighted by molar-refractivity contribution is 0.0696. The summed E-state index contributed by atoms with van der Waals surface area (Å²) in [6, 6.07) is 13.8. The van der Waals surface area contributed by atoms with Crippen molar-refractivity contribution in [1.82, 2.24) is 0 Å². The molecule has 0 bridgehead atoms. The van der Waals surface area contributed by atoms with E-state index < -0.39 is 5.97 Å². The van der Waals surface area contributed by atoms with Gasteiger partial charge in [0.1, 0.15) is 0 Å². The lowest BCUT2D eigenvalue weighted by Crippen LogP contribution is -2.14. The summed E-state index contributed by atoms with van der Waals surface area (Å²) >= 11 is 3.27. The van der Waals surface area contributed by atoms with E-state index in [9.17, 15) is 9.90 Å². The molecule has 2 aromatic rings. The lowest BCUT2D eigenvalue weighted by atomic mass is 9.82. The maximum Gasteiger partial charge on any atom is 0.336 e. The van der Waals surface area contributed by atoms with Crippen LogP contribution in [0.2, 0.25) is 0 Å². The van der Waals surface area contributed by atoms with Crippen LogP contribution in [0, 0.1) is 0 Å². The minimum absolute atomic E-state index is 0.157. The molecular weight excluding hydrogens is 328 g/mol. The van der Waals surface area contributed by atoms with Gasteiger partial charge in [0.15, 0.2) is 0 Å². The van der Waals surface area contributed by atoms with Crippen LogP contribution in [0.15, 0.2) is 46.9 Å². The summed E-state index contributed by atoms with van der Waals surface area (Å²) in [4.78, 5) is 11.2. The fraction of sp³-hybridized carbons (Fsp3) is 0.278. The number of hydrogen-bond donors (Lipinski definition) is 1. The average Bonchev–Trinajstić information content (AvgIpc) is 2.47. The third-order valence-corrected chi connectivity index (χ3v) is 4.77. The summed E-state index contributed by atoms with van der Waals surface area (Å²) in [6.45, 7) is 6.64. The highest BCUT2D eigenvalue weighted by atomic mass is 79.9. The van der Waals surface area contributed by atoms with Gasteiger partial charge in [-0.15, -0.1) is 0 Å². The predicted molar refractivity (Wildman–Crippen MR) is 89.9 cm³/mol. The fourth-order valence-electron chi connectivity index (χ4n) is 2.19. The standard InChI is InChI=1S/C18H19BrO2/c1-4-18(2,3)14-8-5-12(6-9-14)13-7-10-16(19)15(11-13)17(20)21/h5-11H,4H2,1-3H3,(H,20,21). The Labute approximate surface area is 134 Å². The molecule has 0 heterocycles. The second-order valence-corrected chi connectivity index (χ2v) is 6.67. The van der Waals surface area contributed by atoms with Crippen LogP contribution < -0.4 is 0 Å². The Balaban J connectivity index is 2.40. The number of benzene rings is 2. The van der Waals surface area contributed by atoms with Gasteiger partial charge < -0.3 is 5.11 Å². The minimum Gasteiger partial charge on any atom is -0.478 e. The average molecular weight is 347 g/mol. The Hall–Kier alpha value is -1.61. The lowest BCUT2D eigenvalue weighted by Gasteiger charge is -2.23. The van der Waals surface area contributed by atoms with Gasteiger partial charge in [0.05, 0.1) is 5.56 Å². The highest BCUT2D eigenvalue weighted by Crippen LogP contribution is 2.30. The molecule has 0 radical (unpaired) electrons. The summed E-state index contributed by atoms with van der Waals surface area (Å²) in [5, 5.41) is 9.19. The van der Waals surface area contributed by atoms with E-state index in [0.717, 1.165) is 17.5 Å². The third kappa shape index (κ3) is 3.35. The molecule has 0 spiro atoms. The van der Waals surface area contributed by atoms with Crippen LogP contribution in [0.3, 0.4) is 0 Å². The van der Waals surface area contributed by atoms with Crippen LogP contribution in [-0.4, -0.2) is 11.1 Å². The van der Waals surface area contributed by atoms with E-state index in [1.54, 1.807) is 12.1 Å². The fourth-order valence-corrected chi connectivity index (χ4v) is 2.60. The highest BCUT2D eigenvalue weighted by molar-refractivity contribution is 9.10. The van der Waals surface area contributed by atoms with Gasteiger partial charge in [-0.05, 0) is 56.6 Å². The molecule has 2 rings (SSSR count). The Bertz CT molecular complexity index is 657. The van der Waals surface area contributed by atoms with Crippen molar-refractivity contribution in [2.45, 2.75) is 32.6 Å². The Kier molecular flexibility index (Phi) is 4.52. The topological polar surface area (TPSA) is 37.3 Å². The minimum atomic E-state index is -0.924. The predicted octanol–water partition coefficient (Wildman–Crippen LogP) is 5.50. The first-order valence-corrected chi connectivity index (χ1v) is 7.78. The smallest absolute Gasteiger partial charge is 0.336 e. The first-order chi connectivity index (χ1) is 9.85. The number of carboxylic acid groups (broad SMARTS) is 1. The van der Waals surface area contributed by atoms with Crippen molar-refractivity contribution < 1.29 is 9.90 Å². The number of carbonyl (C=O) groups is 1. The molecule has 0 atom stereocenters. The molecule has 2 aromatic carbocycles. The summed E-state index contributed by atoms with van der Waals surface area (Å²) < 4.78 is 0.600. The molecule has 0 saturated carbocycles. The number of hydrogen-bond acceptors (Lipinski definition) is 1. The normalized spacial score (nSPS) is 11.4. The van der Waals surface area contributed by atoms with E-state index in [4.69, 9.17) is 0 Å². The molecule has 0 unspecified atom stereocenters. The molecular formula is C18H19BrO2. The maximum atomic E-state index is 11.2. The quantitative estimate of drug-likeness (QED) is 0.793. The highest BCUT2D eigenvalue weighted by Gasteiger charge is 2.17. The molecule has 1 N–H and O–H groups in total. The summed E-state index contributed by atoms with van der Waals surface area (Å²) in [5.74, 6) is -0.924. The maximum absolute atomic E-state index is 11.2. The number of carboxylic acids is 1. The summed E-state index contributed by atoms with van der Waals surface area (Å²) in [5.41, 5.74) is 3.68. The zero-order valence-electron chi connectivity index (χ0n) is 12.5. The van der Waals surface area contributed by atoms with Crippen LogP contribution in [-0.2, 0) is 5.41 Å². The number of rotatable bonds is 4. The second kappa shape index (κ2) is 6.02. The summed E-state index contributed by atoms with van der Waals surface area (Å²) in [7, 11) is 0. The Morgan fingerprint density at radius 1 is 1.10 bits per heavy atom. The van der Waals surface area contributed by atoms with Crippen molar-refractivity contribution in [3.05, 3.63) is 58.1 Å². The molecule has 0 aliphatic carbocycles. The van der Waals surface area contributed by atoms with Gasteiger partial charge in [-0.3, -0.25) is 0 Å². The van der Waals surface area contributed by atoms with E-state index in [1.165, 1.54) is 5.56 Å². The molecule has 2 nitrogen and oxygen atoms in total. The molecule has 0 amide bonds. The molecule has 21 heavy (non-hydrogen) atoms. The van der Waals surface area contributed by atoms with Crippen molar-refractivity contribution in [2.75, 3.05) is 0 Å². The van der Waals surface area contributed by atoms with Gasteiger partial charge in [-0.1, -0.05) is 51.1 Å². The van der Waals surface area contributed by atoms with Crippen LogP contribution in [0.25, 0.3) is 11.1 Å². The van der Waals surface area contributed by atoms with Gasteiger partial charge in [-0.25, -0.2) is 4.79 Å². The first-order valence-electron chi connectivity index (χ1n) is 6.99. The molecule has 0 saturated heterocycles.